The number of aromatic nitrogens is 4. The fourth-order valence-electron chi connectivity index (χ4n) is 9.89. The lowest BCUT2D eigenvalue weighted by atomic mass is 9.41. The zero-order chi connectivity index (χ0) is 25.0. The van der Waals surface area contributed by atoms with E-state index < -0.39 is 0 Å². The molecular formula is C27H45N5O3. The minimum Gasteiger partial charge on any atom is -0.393 e. The Labute approximate surface area is 209 Å². The minimum atomic E-state index is -0.257. The number of nitrogens with one attached hydrogen (secondary N) is 2. The number of hydrogen-bond donors (Lipinski definition) is 4. The first-order valence-electron chi connectivity index (χ1n) is 14.1. The molecule has 0 spiro atoms. The molecule has 0 bridgehead atoms. The van der Waals surface area contributed by atoms with Crippen molar-refractivity contribution in [3.8, 4) is 0 Å². The molecule has 0 radical (unpaired) electrons. The van der Waals surface area contributed by atoms with Crippen LogP contribution < -0.4 is 5.32 Å². The molecule has 0 aromatic carbocycles. The van der Waals surface area contributed by atoms with Crippen molar-refractivity contribution in [1.82, 2.24) is 20.6 Å². The Morgan fingerprint density at radius 3 is 2.57 bits per heavy atom. The molecule has 5 rings (SSSR count). The lowest BCUT2D eigenvalue weighted by molar-refractivity contribution is -0.203. The van der Waals surface area contributed by atoms with Crippen LogP contribution in [0.3, 0.4) is 0 Å². The van der Waals surface area contributed by atoms with Crippen molar-refractivity contribution in [2.45, 2.75) is 104 Å². The molecular weight excluding hydrogens is 442 g/mol. The summed E-state index contributed by atoms with van der Waals surface area (Å²) >= 11 is 0. The summed E-state index contributed by atoms with van der Waals surface area (Å²) in [6.45, 7) is 9.54. The Morgan fingerprint density at radius 1 is 1.11 bits per heavy atom. The summed E-state index contributed by atoms with van der Waals surface area (Å²) in [6, 6.07) is 0. The maximum Gasteiger partial charge on any atom is 0.269 e. The number of aliphatic hydroxyl groups excluding tert-OH is 2. The fourth-order valence-corrected chi connectivity index (χ4v) is 9.89. The van der Waals surface area contributed by atoms with Crippen LogP contribution in [-0.2, 0) is 4.79 Å². The molecule has 4 saturated carbocycles. The maximum atomic E-state index is 12.4. The Bertz CT molecular complexity index is 895. The first kappa shape index (κ1) is 25.1. The molecule has 1 aromatic rings. The van der Waals surface area contributed by atoms with E-state index in [1.54, 1.807) is 0 Å². The Morgan fingerprint density at radius 2 is 1.86 bits per heavy atom. The quantitative estimate of drug-likeness (QED) is 0.477. The van der Waals surface area contributed by atoms with E-state index in [1.165, 1.54) is 25.7 Å². The van der Waals surface area contributed by atoms with Gasteiger partial charge in [-0.3, -0.25) is 10.1 Å². The highest BCUT2D eigenvalue weighted by molar-refractivity contribution is 5.88. The first-order valence-corrected chi connectivity index (χ1v) is 14.1. The van der Waals surface area contributed by atoms with Crippen LogP contribution in [0.4, 0.5) is 5.95 Å². The number of fused-ring (bicyclic) bond motifs is 5. The lowest BCUT2D eigenvalue weighted by Crippen LogP contribution is -2.62. The van der Waals surface area contributed by atoms with Crippen LogP contribution in [0.5, 0.6) is 0 Å². The fraction of sp³-hybridized carbons (Fsp3) is 0.926. The standard InChI is InChI=1S/C27H45N5O3/c1-5-17-21-14-16(33)10-12-27(21,4)20-11-13-26(3)18(7-8-19(26)23(20)24(17)35)15(2)6-9-22(34)28-25-29-31-32-30-25/h15-21,23-24,33,35H,5-14H2,1-4H3,(H2,28,29,30,31,32,34)/t15-,16-,17-,18?,19+,20+,21+,23+,24-,26-,27-/m1/s1. The van der Waals surface area contributed by atoms with Gasteiger partial charge in [0.2, 0.25) is 5.91 Å². The molecule has 1 heterocycles. The summed E-state index contributed by atoms with van der Waals surface area (Å²) in [5.74, 6) is 3.41. The highest BCUT2D eigenvalue weighted by atomic mass is 16.3. The molecule has 0 saturated heterocycles. The number of anilines is 1. The normalized spacial score (nSPS) is 45.8. The summed E-state index contributed by atoms with van der Waals surface area (Å²) in [7, 11) is 0. The highest BCUT2D eigenvalue weighted by Crippen LogP contribution is 2.69. The molecule has 1 aromatic heterocycles. The third-order valence-corrected chi connectivity index (χ3v) is 11.6. The monoisotopic (exact) mass is 487 g/mol. The van der Waals surface area contributed by atoms with Crippen LogP contribution in [0.25, 0.3) is 0 Å². The van der Waals surface area contributed by atoms with E-state index in [0.29, 0.717) is 47.8 Å². The minimum absolute atomic E-state index is 0.0615. The van der Waals surface area contributed by atoms with E-state index >= 15 is 0 Å². The van der Waals surface area contributed by atoms with Gasteiger partial charge < -0.3 is 10.2 Å². The second-order valence-corrected chi connectivity index (χ2v) is 12.9. The van der Waals surface area contributed by atoms with Gasteiger partial charge in [-0.05, 0) is 109 Å². The van der Waals surface area contributed by atoms with Crippen LogP contribution in [0.15, 0.2) is 0 Å². The predicted octanol–water partition coefficient (Wildman–Crippen LogP) is 4.18. The number of nitrogens with zero attached hydrogens (tertiary/aromatic N) is 3. The Kier molecular flexibility index (Phi) is 6.75. The number of carbonyl (C=O) groups is 1. The number of tetrazole rings is 1. The first-order chi connectivity index (χ1) is 16.7. The van der Waals surface area contributed by atoms with Crippen LogP contribution >= 0.6 is 0 Å². The van der Waals surface area contributed by atoms with Crippen LogP contribution in [0.2, 0.25) is 0 Å². The van der Waals surface area contributed by atoms with Crippen LogP contribution in [-0.4, -0.2) is 49.0 Å². The Balaban J connectivity index is 1.31. The zero-order valence-electron chi connectivity index (χ0n) is 21.9. The van der Waals surface area contributed by atoms with E-state index in [4.69, 9.17) is 0 Å². The average molecular weight is 488 g/mol. The number of H-pyrrole nitrogens is 1. The molecule has 8 nitrogen and oxygen atoms in total. The van der Waals surface area contributed by atoms with Gasteiger partial charge in [-0.1, -0.05) is 39.2 Å². The van der Waals surface area contributed by atoms with Gasteiger partial charge in [0.15, 0.2) is 0 Å². The molecule has 4 N–H and O–H groups in total. The van der Waals surface area contributed by atoms with Crippen LogP contribution in [0.1, 0.15) is 91.9 Å². The highest BCUT2D eigenvalue weighted by Gasteiger charge is 2.64. The van der Waals surface area contributed by atoms with Crippen molar-refractivity contribution in [2.75, 3.05) is 5.32 Å². The number of amides is 1. The third kappa shape index (κ3) is 4.12. The molecule has 11 atom stereocenters. The van der Waals surface area contributed by atoms with Gasteiger partial charge in [0.1, 0.15) is 0 Å². The SMILES string of the molecule is CC[C@H]1[C@@H](O)[C@@H]2[C@H](CC[C@]3(C)C([C@H](C)CCC(=O)Nc4nn[nH]n4)CC[C@@H]23)[C@@]2(C)CC[C@@H](O)C[C@@H]12. The topological polar surface area (TPSA) is 124 Å². The number of rotatable bonds is 6. The van der Waals surface area contributed by atoms with Crippen molar-refractivity contribution < 1.29 is 15.0 Å². The van der Waals surface area contributed by atoms with Crippen molar-refractivity contribution in [3.05, 3.63) is 0 Å². The summed E-state index contributed by atoms with van der Waals surface area (Å²) in [6.07, 6.45) is 9.52. The van der Waals surface area contributed by atoms with Gasteiger partial charge in [0.25, 0.3) is 5.95 Å². The zero-order valence-corrected chi connectivity index (χ0v) is 21.9. The molecule has 4 aliphatic rings. The molecule has 1 unspecified atom stereocenters. The van der Waals surface area contributed by atoms with Gasteiger partial charge in [0.05, 0.1) is 12.2 Å². The molecule has 196 valence electrons. The van der Waals surface area contributed by atoms with Crippen molar-refractivity contribution in [2.24, 2.45) is 52.3 Å². The molecule has 1 amide bonds. The van der Waals surface area contributed by atoms with Gasteiger partial charge in [-0.15, -0.1) is 5.10 Å². The number of aromatic amines is 1. The molecule has 35 heavy (non-hydrogen) atoms. The largest absolute Gasteiger partial charge is 0.393 e. The Hall–Kier alpha value is -1.54. The third-order valence-electron chi connectivity index (χ3n) is 11.6. The van der Waals surface area contributed by atoms with E-state index in [1.807, 2.05) is 0 Å². The lowest BCUT2D eigenvalue weighted by Gasteiger charge is -2.64. The summed E-state index contributed by atoms with van der Waals surface area (Å²) < 4.78 is 0. The predicted molar refractivity (Wildman–Crippen MR) is 133 cm³/mol. The number of aliphatic hydroxyl groups is 2. The van der Waals surface area contributed by atoms with Crippen LogP contribution in [0, 0.1) is 52.3 Å². The van der Waals surface area contributed by atoms with Gasteiger partial charge >= 0.3 is 0 Å². The van der Waals surface area contributed by atoms with Crippen molar-refractivity contribution in [3.63, 3.8) is 0 Å². The second-order valence-electron chi connectivity index (χ2n) is 12.9. The van der Waals surface area contributed by atoms with Crippen molar-refractivity contribution >= 4 is 11.9 Å². The summed E-state index contributed by atoms with van der Waals surface area (Å²) in [4.78, 5) is 12.4. The summed E-state index contributed by atoms with van der Waals surface area (Å²) in [5, 5.41) is 38.5. The molecule has 8 heteroatoms. The van der Waals surface area contributed by atoms with Gasteiger partial charge in [-0.25, -0.2) is 0 Å². The molecule has 4 aliphatic carbocycles. The number of carbonyl (C=O) groups excluding carboxylic acids is 1. The van der Waals surface area contributed by atoms with Gasteiger partial charge in [-0.2, -0.15) is 5.21 Å². The number of hydrogen-bond acceptors (Lipinski definition) is 6. The molecule has 4 fully saturated rings. The van der Waals surface area contributed by atoms with E-state index in [0.717, 1.165) is 32.1 Å². The molecule has 0 aliphatic heterocycles. The average Bonchev–Trinajstić information content (AvgIpc) is 3.46. The van der Waals surface area contributed by atoms with E-state index in [-0.39, 0.29) is 34.9 Å². The summed E-state index contributed by atoms with van der Waals surface area (Å²) in [5.41, 5.74) is 0.462. The second kappa shape index (κ2) is 9.40. The van der Waals surface area contributed by atoms with Crippen molar-refractivity contribution in [1.29, 1.82) is 0 Å². The van der Waals surface area contributed by atoms with E-state index in [9.17, 15) is 15.0 Å². The maximum absolute atomic E-state index is 12.4. The van der Waals surface area contributed by atoms with E-state index in [2.05, 4.69) is 53.6 Å². The van der Waals surface area contributed by atoms with Gasteiger partial charge in [0, 0.05) is 6.42 Å². The smallest absolute Gasteiger partial charge is 0.269 e.